The molecule has 0 N–H and O–H groups in total. The summed E-state index contributed by atoms with van der Waals surface area (Å²) < 4.78 is 5.95. The number of furan rings is 1. The number of fused-ring (bicyclic) bond motifs is 1. The van der Waals surface area contributed by atoms with Crippen LogP contribution in [0.1, 0.15) is 21.0 Å². The molecule has 1 saturated heterocycles. The van der Waals surface area contributed by atoms with E-state index in [4.69, 9.17) is 4.42 Å². The molecule has 1 aliphatic heterocycles. The molecule has 1 aromatic carbocycles. The van der Waals surface area contributed by atoms with Crippen LogP contribution in [0.4, 0.5) is 0 Å². The molecule has 0 bridgehead atoms. The largest absolute Gasteiger partial charge is 0.543 e. The number of hydrogen-bond donors (Lipinski definition) is 0. The zero-order valence-electron chi connectivity index (χ0n) is 15.8. The fourth-order valence-electron chi connectivity index (χ4n) is 3.44. The van der Waals surface area contributed by atoms with E-state index < -0.39 is 29.7 Å². The molecule has 2 amide bonds. The van der Waals surface area contributed by atoms with Gasteiger partial charge in [-0.05, 0) is 18.2 Å². The van der Waals surface area contributed by atoms with Gasteiger partial charge in [-0.2, -0.15) is 5.10 Å². The minimum atomic E-state index is -1.53. The standard InChI is InChI=1S/C20H18N4O6/c25-16(22-7-9-23(10-8-22)19(27)15-6-3-11-30-15)12-24-18(26)14-5-2-1-4-13(14)17(21-24)20(28)29/h1-6,11H,7-10,12H2,(H,28,29)/p-1. The van der Waals surface area contributed by atoms with Crippen molar-refractivity contribution in [2.45, 2.75) is 6.54 Å². The zero-order chi connectivity index (χ0) is 21.3. The Morgan fingerprint density at radius 2 is 1.63 bits per heavy atom. The summed E-state index contributed by atoms with van der Waals surface area (Å²) in [5, 5.41) is 15.6. The molecular formula is C20H17N4O6-. The average Bonchev–Trinajstić information content (AvgIpc) is 3.30. The summed E-state index contributed by atoms with van der Waals surface area (Å²) in [7, 11) is 0. The number of aromatic carboxylic acids is 1. The topological polar surface area (TPSA) is 129 Å². The maximum absolute atomic E-state index is 12.7. The Balaban J connectivity index is 1.49. The molecule has 1 aliphatic rings. The van der Waals surface area contributed by atoms with Crippen LogP contribution < -0.4 is 10.7 Å². The van der Waals surface area contributed by atoms with Gasteiger partial charge in [0.25, 0.3) is 11.5 Å². The number of amides is 2. The van der Waals surface area contributed by atoms with Crippen molar-refractivity contribution in [3.8, 4) is 0 Å². The van der Waals surface area contributed by atoms with E-state index in [2.05, 4.69) is 5.10 Å². The van der Waals surface area contributed by atoms with Crippen LogP contribution in [0.15, 0.2) is 51.9 Å². The van der Waals surface area contributed by atoms with Gasteiger partial charge < -0.3 is 24.1 Å². The Bertz CT molecular complexity index is 1180. The molecule has 154 valence electrons. The van der Waals surface area contributed by atoms with E-state index in [0.717, 1.165) is 4.68 Å². The molecule has 3 heterocycles. The van der Waals surface area contributed by atoms with Crippen molar-refractivity contribution in [1.82, 2.24) is 19.6 Å². The Kier molecular flexibility index (Phi) is 5.05. The van der Waals surface area contributed by atoms with E-state index >= 15 is 0 Å². The van der Waals surface area contributed by atoms with E-state index in [-0.39, 0.29) is 35.5 Å². The quantitative estimate of drug-likeness (QED) is 0.559. The van der Waals surface area contributed by atoms with Crippen molar-refractivity contribution in [3.63, 3.8) is 0 Å². The van der Waals surface area contributed by atoms with E-state index in [1.165, 1.54) is 23.3 Å². The van der Waals surface area contributed by atoms with E-state index in [0.29, 0.717) is 13.1 Å². The number of nitrogens with zero attached hydrogens (tertiary/aromatic N) is 4. The number of hydrogen-bond acceptors (Lipinski definition) is 7. The maximum atomic E-state index is 12.7. The Morgan fingerprint density at radius 3 is 2.27 bits per heavy atom. The Labute approximate surface area is 169 Å². The highest BCUT2D eigenvalue weighted by Crippen LogP contribution is 2.13. The molecule has 0 saturated carbocycles. The Hall–Kier alpha value is -3.95. The first-order valence-corrected chi connectivity index (χ1v) is 9.27. The van der Waals surface area contributed by atoms with Gasteiger partial charge in [-0.15, -0.1) is 0 Å². The van der Waals surface area contributed by atoms with Gasteiger partial charge in [0.15, 0.2) is 5.76 Å². The summed E-state index contributed by atoms with van der Waals surface area (Å²) in [6, 6.07) is 9.34. The molecule has 0 atom stereocenters. The summed E-state index contributed by atoms with van der Waals surface area (Å²) in [5.41, 5.74) is -0.956. The van der Waals surface area contributed by atoms with Crippen LogP contribution in [0.5, 0.6) is 0 Å². The van der Waals surface area contributed by atoms with Crippen molar-refractivity contribution in [2.75, 3.05) is 26.2 Å². The third-order valence-corrected chi connectivity index (χ3v) is 5.00. The first-order valence-electron chi connectivity index (χ1n) is 9.27. The normalized spacial score (nSPS) is 14.1. The lowest BCUT2D eigenvalue weighted by Gasteiger charge is -2.34. The molecular weight excluding hydrogens is 392 g/mol. The van der Waals surface area contributed by atoms with Gasteiger partial charge in [0.05, 0.1) is 17.6 Å². The van der Waals surface area contributed by atoms with E-state index in [1.807, 2.05) is 0 Å². The third kappa shape index (κ3) is 3.54. The van der Waals surface area contributed by atoms with Crippen molar-refractivity contribution < 1.29 is 23.9 Å². The monoisotopic (exact) mass is 409 g/mol. The van der Waals surface area contributed by atoms with Crippen LogP contribution in [0.2, 0.25) is 0 Å². The van der Waals surface area contributed by atoms with Crippen LogP contribution in [-0.2, 0) is 11.3 Å². The van der Waals surface area contributed by atoms with Gasteiger partial charge >= 0.3 is 0 Å². The molecule has 2 aromatic heterocycles. The van der Waals surface area contributed by atoms with Gasteiger partial charge in [-0.25, -0.2) is 4.68 Å². The minimum Gasteiger partial charge on any atom is -0.543 e. The number of piperazine rings is 1. The summed E-state index contributed by atoms with van der Waals surface area (Å²) in [4.78, 5) is 52.2. The highest BCUT2D eigenvalue weighted by molar-refractivity contribution is 6.00. The van der Waals surface area contributed by atoms with Gasteiger partial charge in [-0.3, -0.25) is 14.4 Å². The number of carbonyl (C=O) groups excluding carboxylic acids is 3. The van der Waals surface area contributed by atoms with Crippen molar-refractivity contribution >= 4 is 28.6 Å². The number of rotatable bonds is 4. The molecule has 4 rings (SSSR count). The van der Waals surface area contributed by atoms with E-state index in [9.17, 15) is 24.3 Å². The third-order valence-electron chi connectivity index (χ3n) is 5.00. The predicted octanol–water partition coefficient (Wildman–Crippen LogP) is -0.662. The van der Waals surface area contributed by atoms with Crippen molar-refractivity contribution in [2.24, 2.45) is 0 Å². The predicted molar refractivity (Wildman–Crippen MR) is 102 cm³/mol. The van der Waals surface area contributed by atoms with Gasteiger partial charge in [0, 0.05) is 31.6 Å². The lowest BCUT2D eigenvalue weighted by atomic mass is 10.1. The second-order valence-electron chi connectivity index (χ2n) is 6.79. The second-order valence-corrected chi connectivity index (χ2v) is 6.79. The van der Waals surface area contributed by atoms with Crippen LogP contribution >= 0.6 is 0 Å². The molecule has 0 radical (unpaired) electrons. The first-order chi connectivity index (χ1) is 14.5. The minimum absolute atomic E-state index is 0.147. The second kappa shape index (κ2) is 7.82. The number of aromatic nitrogens is 2. The van der Waals surface area contributed by atoms with Crippen LogP contribution in [0.25, 0.3) is 10.8 Å². The number of benzene rings is 1. The summed E-state index contributed by atoms with van der Waals surface area (Å²) in [5.74, 6) is -1.94. The molecule has 3 aromatic rings. The molecule has 0 unspecified atom stereocenters. The molecule has 30 heavy (non-hydrogen) atoms. The summed E-state index contributed by atoms with van der Waals surface area (Å²) >= 11 is 0. The summed E-state index contributed by atoms with van der Waals surface area (Å²) in [6.07, 6.45) is 1.42. The zero-order valence-corrected chi connectivity index (χ0v) is 15.8. The lowest BCUT2D eigenvalue weighted by molar-refractivity contribution is -0.255. The lowest BCUT2D eigenvalue weighted by Crippen LogP contribution is -2.51. The fraction of sp³-hybridized carbons (Fsp3) is 0.250. The molecule has 10 nitrogen and oxygen atoms in total. The van der Waals surface area contributed by atoms with Gasteiger partial charge in [0.2, 0.25) is 5.91 Å². The van der Waals surface area contributed by atoms with Crippen LogP contribution in [-0.4, -0.2) is 63.5 Å². The molecule has 10 heteroatoms. The highest BCUT2D eigenvalue weighted by Gasteiger charge is 2.26. The molecule has 0 spiro atoms. The van der Waals surface area contributed by atoms with Crippen molar-refractivity contribution in [3.05, 3.63) is 64.5 Å². The number of carbonyl (C=O) groups is 3. The molecule has 1 fully saturated rings. The SMILES string of the molecule is O=C([O-])c1nn(CC(=O)N2CCN(C(=O)c3ccco3)CC2)c(=O)c2ccccc12. The van der Waals surface area contributed by atoms with Gasteiger partial charge in [0.1, 0.15) is 12.2 Å². The van der Waals surface area contributed by atoms with E-state index in [1.54, 1.807) is 29.2 Å². The van der Waals surface area contributed by atoms with Crippen LogP contribution in [0.3, 0.4) is 0 Å². The first kappa shape index (κ1) is 19.4. The number of carboxylic acids is 1. The highest BCUT2D eigenvalue weighted by atomic mass is 16.4. The summed E-state index contributed by atoms with van der Waals surface area (Å²) in [6.45, 7) is 0.781. The van der Waals surface area contributed by atoms with Crippen molar-refractivity contribution in [1.29, 1.82) is 0 Å². The Morgan fingerprint density at radius 1 is 0.967 bits per heavy atom. The maximum Gasteiger partial charge on any atom is 0.289 e. The van der Waals surface area contributed by atoms with Gasteiger partial charge in [-0.1, -0.05) is 18.2 Å². The van der Waals surface area contributed by atoms with Crippen LogP contribution in [0, 0.1) is 0 Å². The molecule has 0 aliphatic carbocycles. The smallest absolute Gasteiger partial charge is 0.289 e. The fourth-order valence-corrected chi connectivity index (χ4v) is 3.44. The number of carboxylic acid groups (broad SMARTS) is 1. The average molecular weight is 409 g/mol.